The minimum absolute atomic E-state index is 0.0975. The molecule has 0 N–H and O–H groups in total. The van der Waals surface area contributed by atoms with Gasteiger partial charge in [0.2, 0.25) is 5.91 Å². The molecule has 0 bridgehead atoms. The summed E-state index contributed by atoms with van der Waals surface area (Å²) >= 11 is 1.34. The quantitative estimate of drug-likeness (QED) is 0.600. The van der Waals surface area contributed by atoms with Crippen molar-refractivity contribution >= 4 is 35.2 Å². The maximum Gasteiger partial charge on any atom is 0.344 e. The van der Waals surface area contributed by atoms with Crippen LogP contribution in [0.3, 0.4) is 0 Å². The summed E-state index contributed by atoms with van der Waals surface area (Å²) in [5, 5.41) is 0. The Morgan fingerprint density at radius 2 is 1.91 bits per heavy atom. The molecule has 182 valence electrons. The van der Waals surface area contributed by atoms with Crippen LogP contribution in [0.5, 0.6) is 11.5 Å². The summed E-state index contributed by atoms with van der Waals surface area (Å²) in [4.78, 5) is 42.1. The average molecular weight is 495 g/mol. The molecule has 2 amide bonds. The number of rotatable bonds is 4. The highest BCUT2D eigenvalue weighted by molar-refractivity contribution is 8.02. The van der Waals surface area contributed by atoms with Gasteiger partial charge in [-0.05, 0) is 42.7 Å². The molecule has 2 fully saturated rings. The number of likely N-dealkylation sites (tertiary alicyclic amines) is 1. The van der Waals surface area contributed by atoms with Crippen LogP contribution in [0, 0.1) is 0 Å². The maximum absolute atomic E-state index is 13.3. The van der Waals surface area contributed by atoms with Gasteiger partial charge in [-0.3, -0.25) is 14.5 Å². The highest BCUT2D eigenvalue weighted by Gasteiger charge is 2.58. The van der Waals surface area contributed by atoms with Gasteiger partial charge in [-0.2, -0.15) is 0 Å². The van der Waals surface area contributed by atoms with Crippen molar-refractivity contribution in [3.8, 4) is 11.5 Å². The monoisotopic (exact) mass is 494 g/mol. The summed E-state index contributed by atoms with van der Waals surface area (Å²) in [5.41, 5.74) is 1.72. The molecule has 0 saturated carbocycles. The van der Waals surface area contributed by atoms with Crippen molar-refractivity contribution in [2.45, 2.75) is 47.9 Å². The first-order valence-corrected chi connectivity index (χ1v) is 12.9. The van der Waals surface area contributed by atoms with Crippen LogP contribution < -0.4 is 14.4 Å². The van der Waals surface area contributed by atoms with Crippen LogP contribution >= 0.6 is 11.8 Å². The zero-order valence-electron chi connectivity index (χ0n) is 19.2. The highest BCUT2D eigenvalue weighted by Crippen LogP contribution is 2.56. The molecule has 9 heteroatoms. The molecule has 2 aromatic carbocycles. The first kappa shape index (κ1) is 22.3. The van der Waals surface area contributed by atoms with Crippen molar-refractivity contribution in [1.29, 1.82) is 0 Å². The van der Waals surface area contributed by atoms with E-state index < -0.39 is 10.8 Å². The second-order valence-corrected chi connectivity index (χ2v) is 10.5. The second kappa shape index (κ2) is 8.78. The molecular weight excluding hydrogens is 468 g/mol. The van der Waals surface area contributed by atoms with Gasteiger partial charge in [0.1, 0.15) is 0 Å². The molecule has 2 atom stereocenters. The Morgan fingerprint density at radius 3 is 2.80 bits per heavy atom. The van der Waals surface area contributed by atoms with Crippen molar-refractivity contribution in [3.63, 3.8) is 0 Å². The van der Waals surface area contributed by atoms with Gasteiger partial charge in [-0.1, -0.05) is 30.0 Å². The molecule has 2 saturated heterocycles. The Labute approximate surface area is 207 Å². The van der Waals surface area contributed by atoms with E-state index in [4.69, 9.17) is 14.2 Å². The first-order chi connectivity index (χ1) is 17.1. The number of amides is 2. The van der Waals surface area contributed by atoms with E-state index in [2.05, 4.69) is 0 Å². The molecule has 8 nitrogen and oxygen atoms in total. The zero-order chi connectivity index (χ0) is 24.0. The Hall–Kier alpha value is -3.20. The van der Waals surface area contributed by atoms with Gasteiger partial charge >= 0.3 is 5.97 Å². The lowest BCUT2D eigenvalue weighted by Crippen LogP contribution is -2.48. The molecule has 0 aliphatic carbocycles. The number of nitrogens with zero attached hydrogens (tertiary/aromatic N) is 2. The second-order valence-electron chi connectivity index (χ2n) is 9.16. The van der Waals surface area contributed by atoms with Gasteiger partial charge in [-0.15, -0.1) is 0 Å². The number of fused-ring (bicyclic) bond motifs is 4. The fourth-order valence-corrected chi connectivity index (χ4v) is 6.81. The number of carbonyl (C=O) groups excluding carboxylic acids is 3. The van der Waals surface area contributed by atoms with Crippen LogP contribution in [0.15, 0.2) is 47.4 Å². The molecular formula is C26H26N2O6S. The average Bonchev–Trinajstić information content (AvgIpc) is 3.52. The molecule has 6 rings (SSSR count). The lowest BCUT2D eigenvalue weighted by atomic mass is 10.0. The Balaban J connectivity index is 1.15. The van der Waals surface area contributed by atoms with Crippen LogP contribution in [0.25, 0.3) is 0 Å². The van der Waals surface area contributed by atoms with Crippen LogP contribution in [0.4, 0.5) is 5.69 Å². The number of hydrogen-bond donors (Lipinski definition) is 0. The van der Waals surface area contributed by atoms with E-state index in [1.54, 1.807) is 9.80 Å². The highest BCUT2D eigenvalue weighted by atomic mass is 32.2. The van der Waals surface area contributed by atoms with Crippen LogP contribution in [0.2, 0.25) is 0 Å². The largest absolute Gasteiger partial charge is 0.490 e. The predicted molar refractivity (Wildman–Crippen MR) is 128 cm³/mol. The van der Waals surface area contributed by atoms with E-state index in [0.717, 1.165) is 41.2 Å². The van der Waals surface area contributed by atoms with Gasteiger partial charge < -0.3 is 19.1 Å². The van der Waals surface area contributed by atoms with Crippen LogP contribution in [0.1, 0.15) is 43.7 Å². The van der Waals surface area contributed by atoms with Crippen molar-refractivity contribution in [1.82, 2.24) is 4.90 Å². The third-order valence-electron chi connectivity index (χ3n) is 7.05. The molecule has 4 aliphatic heterocycles. The molecule has 35 heavy (non-hydrogen) atoms. The maximum atomic E-state index is 13.3. The van der Waals surface area contributed by atoms with Crippen molar-refractivity contribution in [3.05, 3.63) is 48.0 Å². The number of benzene rings is 2. The Bertz CT molecular complexity index is 1200. The van der Waals surface area contributed by atoms with Gasteiger partial charge in [0.15, 0.2) is 23.0 Å². The summed E-state index contributed by atoms with van der Waals surface area (Å²) in [6, 6.07) is 13.2. The predicted octanol–water partition coefficient (Wildman–Crippen LogP) is 3.68. The summed E-state index contributed by atoms with van der Waals surface area (Å²) < 4.78 is 17.1. The van der Waals surface area contributed by atoms with E-state index in [0.29, 0.717) is 31.9 Å². The van der Waals surface area contributed by atoms with E-state index in [1.165, 1.54) is 11.8 Å². The molecule has 2 unspecified atom stereocenters. The number of thioether (sulfide) groups is 1. The smallest absolute Gasteiger partial charge is 0.344 e. The van der Waals surface area contributed by atoms with Crippen LogP contribution in [-0.4, -0.2) is 53.9 Å². The minimum atomic E-state index is -1.13. The molecule has 0 spiro atoms. The fraction of sp³-hybridized carbons (Fsp3) is 0.423. The van der Waals surface area contributed by atoms with E-state index in [9.17, 15) is 14.4 Å². The molecule has 0 aromatic heterocycles. The third-order valence-corrected chi connectivity index (χ3v) is 8.50. The normalized spacial score (nSPS) is 24.7. The fourth-order valence-electron chi connectivity index (χ4n) is 5.39. The standard InChI is InChI=1S/C26H26N2O6S/c29-23-10-11-26(28(23)19-5-1-2-7-22(19)35-26)25(31)34-16-24(30)27-12-3-6-18(27)17-8-9-20-21(15-17)33-14-4-13-32-20/h1-2,5,7-9,15,18H,3-4,6,10-14,16H2. The molecule has 4 heterocycles. The van der Waals surface area contributed by atoms with Crippen LogP contribution in [-0.2, 0) is 19.1 Å². The van der Waals surface area contributed by atoms with E-state index in [1.807, 2.05) is 42.5 Å². The summed E-state index contributed by atoms with van der Waals surface area (Å²) in [5.74, 6) is 0.555. The van der Waals surface area contributed by atoms with Crippen molar-refractivity contribution in [2.75, 3.05) is 31.3 Å². The van der Waals surface area contributed by atoms with E-state index in [-0.39, 0.29) is 30.9 Å². The summed E-state index contributed by atoms with van der Waals surface area (Å²) in [6.07, 6.45) is 3.18. The number of carbonyl (C=O) groups is 3. The van der Waals surface area contributed by atoms with Gasteiger partial charge in [0, 0.05) is 30.7 Å². The number of ether oxygens (including phenoxy) is 3. The number of hydrogen-bond acceptors (Lipinski definition) is 7. The Kier molecular flexibility index (Phi) is 5.59. The minimum Gasteiger partial charge on any atom is -0.490 e. The third kappa shape index (κ3) is 3.73. The van der Waals surface area contributed by atoms with Gasteiger partial charge in [0.05, 0.1) is 24.9 Å². The number of anilines is 1. The van der Waals surface area contributed by atoms with Gasteiger partial charge in [-0.25, -0.2) is 4.79 Å². The lowest BCUT2D eigenvalue weighted by Gasteiger charge is -2.29. The SMILES string of the molecule is O=C(COC(=O)C12CCC(=O)N1c1ccccc1S2)N1CCCC1c1ccc2c(c1)OCCCO2. The van der Waals surface area contributed by atoms with Crippen molar-refractivity contribution < 1.29 is 28.6 Å². The zero-order valence-corrected chi connectivity index (χ0v) is 20.1. The van der Waals surface area contributed by atoms with Gasteiger partial charge in [0.25, 0.3) is 5.91 Å². The Morgan fingerprint density at radius 1 is 1.09 bits per heavy atom. The lowest BCUT2D eigenvalue weighted by molar-refractivity contribution is -0.154. The first-order valence-electron chi connectivity index (χ1n) is 12.0. The summed E-state index contributed by atoms with van der Waals surface area (Å²) in [7, 11) is 0. The molecule has 4 aliphatic rings. The van der Waals surface area contributed by atoms with Crippen molar-refractivity contribution in [2.24, 2.45) is 0 Å². The molecule has 0 radical (unpaired) electrons. The topological polar surface area (TPSA) is 85.4 Å². The number of para-hydroxylation sites is 1. The summed E-state index contributed by atoms with van der Waals surface area (Å²) in [6.45, 7) is 1.48. The van der Waals surface area contributed by atoms with E-state index >= 15 is 0 Å². The number of esters is 1. The molecule has 2 aromatic rings.